The van der Waals surface area contributed by atoms with Crippen LogP contribution in [-0.2, 0) is 16.6 Å². The van der Waals surface area contributed by atoms with Gasteiger partial charge in [0.25, 0.3) is 0 Å². The molecule has 20 heavy (non-hydrogen) atoms. The van der Waals surface area contributed by atoms with E-state index in [1.54, 1.807) is 0 Å². The Balaban J connectivity index is 1.86. The van der Waals surface area contributed by atoms with Crippen LogP contribution in [0.15, 0.2) is 18.2 Å². The maximum atomic E-state index is 13.4. The second-order valence-electron chi connectivity index (χ2n) is 5.05. The molecule has 0 saturated carbocycles. The van der Waals surface area contributed by atoms with Gasteiger partial charge in [-0.1, -0.05) is 0 Å². The van der Waals surface area contributed by atoms with Gasteiger partial charge in [-0.15, -0.1) is 0 Å². The third kappa shape index (κ3) is 3.97. The first-order valence-electron chi connectivity index (χ1n) is 6.48. The van der Waals surface area contributed by atoms with E-state index in [2.05, 4.69) is 5.32 Å². The first-order chi connectivity index (χ1) is 9.36. The fourth-order valence-electron chi connectivity index (χ4n) is 2.32. The van der Waals surface area contributed by atoms with Crippen molar-refractivity contribution in [1.29, 1.82) is 0 Å². The van der Waals surface area contributed by atoms with Crippen LogP contribution in [0.2, 0.25) is 0 Å². The fourth-order valence-corrected chi connectivity index (χ4v) is 3.20. The van der Waals surface area contributed by atoms with E-state index in [9.17, 15) is 17.2 Å². The average Bonchev–Trinajstić information content (AvgIpc) is 2.39. The minimum Gasteiger partial charge on any atom is -0.310 e. The highest BCUT2D eigenvalue weighted by Crippen LogP contribution is 2.15. The Kier molecular flexibility index (Phi) is 4.72. The summed E-state index contributed by atoms with van der Waals surface area (Å²) in [6.07, 6.45) is 2.54. The Morgan fingerprint density at radius 3 is 2.55 bits per heavy atom. The lowest BCUT2D eigenvalue weighted by Crippen LogP contribution is -2.44. The first kappa shape index (κ1) is 15.3. The van der Waals surface area contributed by atoms with E-state index in [1.165, 1.54) is 16.6 Å². The van der Waals surface area contributed by atoms with Gasteiger partial charge in [-0.2, -0.15) is 0 Å². The van der Waals surface area contributed by atoms with Crippen molar-refractivity contribution in [2.24, 2.45) is 0 Å². The number of sulfonamides is 1. The van der Waals surface area contributed by atoms with Crippen molar-refractivity contribution >= 4 is 10.0 Å². The highest BCUT2D eigenvalue weighted by Gasteiger charge is 2.24. The summed E-state index contributed by atoms with van der Waals surface area (Å²) in [6.45, 7) is 1.16. The van der Waals surface area contributed by atoms with Crippen molar-refractivity contribution in [3.8, 4) is 0 Å². The summed E-state index contributed by atoms with van der Waals surface area (Å²) >= 11 is 0. The molecule has 0 bridgehead atoms. The van der Waals surface area contributed by atoms with E-state index in [-0.39, 0.29) is 18.2 Å². The Bertz CT molecular complexity index is 570. The van der Waals surface area contributed by atoms with Gasteiger partial charge >= 0.3 is 0 Å². The molecule has 1 heterocycles. The zero-order chi connectivity index (χ0) is 14.8. The monoisotopic (exact) mass is 304 g/mol. The van der Waals surface area contributed by atoms with Crippen molar-refractivity contribution in [3.63, 3.8) is 0 Å². The van der Waals surface area contributed by atoms with Crippen molar-refractivity contribution in [2.45, 2.75) is 25.4 Å². The topological polar surface area (TPSA) is 49.4 Å². The number of piperidine rings is 1. The summed E-state index contributed by atoms with van der Waals surface area (Å²) in [7, 11) is -3.13. The molecule has 0 unspecified atom stereocenters. The van der Waals surface area contributed by atoms with Gasteiger partial charge in [0.1, 0.15) is 11.6 Å². The average molecular weight is 304 g/mol. The zero-order valence-electron chi connectivity index (χ0n) is 11.3. The van der Waals surface area contributed by atoms with Crippen LogP contribution in [0.5, 0.6) is 0 Å². The number of hydrogen-bond donors (Lipinski definition) is 1. The van der Waals surface area contributed by atoms with Crippen LogP contribution in [0.3, 0.4) is 0 Å². The van der Waals surface area contributed by atoms with Gasteiger partial charge < -0.3 is 5.32 Å². The third-order valence-corrected chi connectivity index (χ3v) is 4.82. The molecule has 4 nitrogen and oxygen atoms in total. The molecule has 1 aliphatic heterocycles. The highest BCUT2D eigenvalue weighted by molar-refractivity contribution is 7.88. The van der Waals surface area contributed by atoms with E-state index in [1.807, 2.05) is 0 Å². The quantitative estimate of drug-likeness (QED) is 0.916. The van der Waals surface area contributed by atoms with Gasteiger partial charge in [0.15, 0.2) is 0 Å². The molecular formula is C13H18F2N2O2S. The zero-order valence-corrected chi connectivity index (χ0v) is 12.1. The van der Waals surface area contributed by atoms with Crippen LogP contribution in [-0.4, -0.2) is 38.1 Å². The molecule has 1 aliphatic rings. The molecule has 112 valence electrons. The lowest BCUT2D eigenvalue weighted by Gasteiger charge is -2.30. The van der Waals surface area contributed by atoms with E-state index in [4.69, 9.17) is 0 Å². The van der Waals surface area contributed by atoms with Crippen molar-refractivity contribution in [1.82, 2.24) is 9.62 Å². The Hall–Kier alpha value is -1.05. The summed E-state index contributed by atoms with van der Waals surface area (Å²) in [5.41, 5.74) is 0.288. The molecule has 1 saturated heterocycles. The first-order valence-corrected chi connectivity index (χ1v) is 8.33. The molecule has 0 atom stereocenters. The number of hydrogen-bond acceptors (Lipinski definition) is 3. The minimum atomic E-state index is -3.13. The van der Waals surface area contributed by atoms with Gasteiger partial charge in [-0.05, 0) is 31.0 Å². The maximum Gasteiger partial charge on any atom is 0.211 e. The number of nitrogens with one attached hydrogen (secondary N) is 1. The van der Waals surface area contributed by atoms with E-state index in [0.29, 0.717) is 25.9 Å². The summed E-state index contributed by atoms with van der Waals surface area (Å²) in [5, 5.41) is 3.15. The van der Waals surface area contributed by atoms with Gasteiger partial charge in [0.2, 0.25) is 10.0 Å². The van der Waals surface area contributed by atoms with E-state index < -0.39 is 21.7 Å². The summed E-state index contributed by atoms with van der Waals surface area (Å²) in [6, 6.07) is 3.49. The molecule has 1 N–H and O–H groups in total. The van der Waals surface area contributed by atoms with Gasteiger partial charge in [0, 0.05) is 31.2 Å². The smallest absolute Gasteiger partial charge is 0.211 e. The lowest BCUT2D eigenvalue weighted by molar-refractivity contribution is 0.289. The van der Waals surface area contributed by atoms with Gasteiger partial charge in [-0.3, -0.25) is 0 Å². The molecule has 1 fully saturated rings. The van der Waals surface area contributed by atoms with Crippen LogP contribution >= 0.6 is 0 Å². The van der Waals surface area contributed by atoms with Gasteiger partial charge in [0.05, 0.1) is 6.26 Å². The molecule has 0 aliphatic carbocycles. The molecule has 0 spiro atoms. The van der Waals surface area contributed by atoms with Crippen LogP contribution < -0.4 is 5.32 Å². The van der Waals surface area contributed by atoms with Crippen molar-refractivity contribution < 1.29 is 17.2 Å². The second-order valence-corrected chi connectivity index (χ2v) is 7.04. The molecule has 7 heteroatoms. The Morgan fingerprint density at radius 1 is 1.30 bits per heavy atom. The SMILES string of the molecule is CS(=O)(=O)N1CCC(NCc2cc(F)ccc2F)CC1. The standard InChI is InChI=1S/C13H18F2N2O2S/c1-20(18,19)17-6-4-12(5-7-17)16-9-10-8-11(14)2-3-13(10)15/h2-3,8,12,16H,4-7,9H2,1H3. The van der Waals surface area contributed by atoms with E-state index in [0.717, 1.165) is 12.1 Å². The molecule has 0 radical (unpaired) electrons. The van der Waals surface area contributed by atoms with Crippen LogP contribution in [0.25, 0.3) is 0 Å². The molecule has 2 rings (SSSR count). The summed E-state index contributed by atoms with van der Waals surface area (Å²) < 4.78 is 50.7. The molecule has 0 amide bonds. The van der Waals surface area contributed by atoms with Crippen LogP contribution in [0.4, 0.5) is 8.78 Å². The van der Waals surface area contributed by atoms with Gasteiger partial charge in [-0.25, -0.2) is 21.5 Å². The number of halogens is 2. The predicted octanol–water partition coefficient (Wildman–Crippen LogP) is 1.48. The van der Waals surface area contributed by atoms with Crippen LogP contribution in [0, 0.1) is 11.6 Å². The number of benzene rings is 1. The fraction of sp³-hybridized carbons (Fsp3) is 0.538. The normalized spacial score (nSPS) is 18.4. The van der Waals surface area contributed by atoms with E-state index >= 15 is 0 Å². The maximum absolute atomic E-state index is 13.4. The lowest BCUT2D eigenvalue weighted by atomic mass is 10.1. The second kappa shape index (κ2) is 6.15. The minimum absolute atomic E-state index is 0.121. The molecule has 1 aromatic rings. The van der Waals surface area contributed by atoms with Crippen LogP contribution in [0.1, 0.15) is 18.4 Å². The molecule has 1 aromatic carbocycles. The Labute approximate surface area is 117 Å². The highest BCUT2D eigenvalue weighted by atomic mass is 32.2. The van der Waals surface area contributed by atoms with Crippen molar-refractivity contribution in [3.05, 3.63) is 35.4 Å². The largest absolute Gasteiger partial charge is 0.310 e. The number of nitrogens with zero attached hydrogens (tertiary/aromatic N) is 1. The Morgan fingerprint density at radius 2 is 1.95 bits per heavy atom. The predicted molar refractivity (Wildman–Crippen MR) is 72.6 cm³/mol. The third-order valence-electron chi connectivity index (χ3n) is 3.51. The molecule has 0 aromatic heterocycles. The van der Waals surface area contributed by atoms with Crippen molar-refractivity contribution in [2.75, 3.05) is 19.3 Å². The summed E-state index contributed by atoms with van der Waals surface area (Å²) in [5.74, 6) is -0.900. The number of rotatable bonds is 4. The summed E-state index contributed by atoms with van der Waals surface area (Å²) in [4.78, 5) is 0. The molecular weight excluding hydrogens is 286 g/mol.